The first kappa shape index (κ1) is 21.4. The molecule has 30 heavy (non-hydrogen) atoms. The van der Waals surface area contributed by atoms with E-state index in [0.717, 1.165) is 22.3 Å². The molecule has 3 rings (SSSR count). The molecule has 2 amide bonds. The van der Waals surface area contributed by atoms with E-state index in [0.29, 0.717) is 28.6 Å². The van der Waals surface area contributed by atoms with Gasteiger partial charge in [-0.2, -0.15) is 0 Å². The van der Waals surface area contributed by atoms with Gasteiger partial charge < -0.3 is 15.8 Å². The molecule has 3 N–H and O–H groups in total. The highest BCUT2D eigenvalue weighted by Crippen LogP contribution is 2.22. The number of amides is 2. The SMILES string of the molecule is Cc1cc(CC(N)=O)ccc1NC(=O)c1cc(OCc2cccc(Cl)c2)ccc1C. The first-order chi connectivity index (χ1) is 14.3. The van der Waals surface area contributed by atoms with Crippen molar-refractivity contribution in [1.29, 1.82) is 0 Å². The number of aryl methyl sites for hydroxylation is 2. The number of nitrogens with two attached hydrogens (primary N) is 1. The van der Waals surface area contributed by atoms with Crippen LogP contribution in [0.15, 0.2) is 60.7 Å². The maximum absolute atomic E-state index is 12.9. The van der Waals surface area contributed by atoms with Crippen LogP contribution in [0.5, 0.6) is 5.75 Å². The Morgan fingerprint density at radius 1 is 0.967 bits per heavy atom. The predicted octanol–water partition coefficient (Wildman–Crippen LogP) is 4.82. The van der Waals surface area contributed by atoms with Gasteiger partial charge in [0.2, 0.25) is 5.91 Å². The zero-order valence-electron chi connectivity index (χ0n) is 16.9. The van der Waals surface area contributed by atoms with Gasteiger partial charge in [-0.1, -0.05) is 41.9 Å². The molecule has 6 heteroatoms. The summed E-state index contributed by atoms with van der Waals surface area (Å²) in [5, 5.41) is 3.58. The van der Waals surface area contributed by atoms with Crippen LogP contribution in [-0.4, -0.2) is 11.8 Å². The van der Waals surface area contributed by atoms with E-state index in [4.69, 9.17) is 22.1 Å². The maximum atomic E-state index is 12.9. The summed E-state index contributed by atoms with van der Waals surface area (Å²) >= 11 is 6.01. The van der Waals surface area contributed by atoms with Gasteiger partial charge in [-0.05, 0) is 66.4 Å². The third-order valence-corrected chi connectivity index (χ3v) is 4.90. The van der Waals surface area contributed by atoms with Crippen LogP contribution >= 0.6 is 11.6 Å². The standard InChI is InChI=1S/C24H23ClN2O3/c1-15-6-8-20(30-14-18-4-3-5-19(25)11-18)13-21(15)24(29)27-22-9-7-17(10-16(22)2)12-23(26)28/h3-11,13H,12,14H2,1-2H3,(H2,26,28)(H,27,29). The Morgan fingerprint density at radius 2 is 1.77 bits per heavy atom. The lowest BCUT2D eigenvalue weighted by Gasteiger charge is -2.13. The monoisotopic (exact) mass is 422 g/mol. The largest absolute Gasteiger partial charge is 0.489 e. The minimum atomic E-state index is -0.392. The Morgan fingerprint density at radius 3 is 2.47 bits per heavy atom. The van der Waals surface area contributed by atoms with Crippen molar-refractivity contribution in [3.05, 3.63) is 93.5 Å². The third kappa shape index (κ3) is 5.61. The molecule has 3 aromatic carbocycles. The van der Waals surface area contributed by atoms with E-state index in [1.165, 1.54) is 0 Å². The van der Waals surface area contributed by atoms with Gasteiger partial charge in [0.05, 0.1) is 6.42 Å². The number of ether oxygens (including phenoxy) is 1. The molecule has 0 saturated heterocycles. The molecule has 0 aliphatic heterocycles. The molecule has 0 fully saturated rings. The van der Waals surface area contributed by atoms with Crippen LogP contribution in [0.25, 0.3) is 0 Å². The summed E-state index contributed by atoms with van der Waals surface area (Å²) in [6.07, 6.45) is 0.167. The van der Waals surface area contributed by atoms with E-state index >= 15 is 0 Å². The third-order valence-electron chi connectivity index (χ3n) is 4.67. The number of rotatable bonds is 7. The molecule has 0 heterocycles. The number of carbonyl (C=O) groups excluding carboxylic acids is 2. The van der Waals surface area contributed by atoms with Crippen LogP contribution in [0.3, 0.4) is 0 Å². The average Bonchev–Trinajstić information content (AvgIpc) is 2.69. The Labute approximate surface area is 180 Å². The summed E-state index contributed by atoms with van der Waals surface area (Å²) in [5.74, 6) is -0.0258. The molecule has 0 bridgehead atoms. The highest BCUT2D eigenvalue weighted by Gasteiger charge is 2.13. The molecule has 0 aromatic heterocycles. The maximum Gasteiger partial charge on any atom is 0.256 e. The molecule has 5 nitrogen and oxygen atoms in total. The van der Waals surface area contributed by atoms with E-state index < -0.39 is 5.91 Å². The number of halogens is 1. The van der Waals surface area contributed by atoms with E-state index in [1.54, 1.807) is 18.2 Å². The number of primary amides is 1. The van der Waals surface area contributed by atoms with Crippen molar-refractivity contribution in [1.82, 2.24) is 0 Å². The number of carbonyl (C=O) groups is 2. The number of nitrogens with one attached hydrogen (secondary N) is 1. The van der Waals surface area contributed by atoms with Crippen LogP contribution in [0, 0.1) is 13.8 Å². The molecular weight excluding hydrogens is 400 g/mol. The zero-order valence-corrected chi connectivity index (χ0v) is 17.6. The van der Waals surface area contributed by atoms with Crippen LogP contribution < -0.4 is 15.8 Å². The normalized spacial score (nSPS) is 10.5. The fraction of sp³-hybridized carbons (Fsp3) is 0.167. The van der Waals surface area contributed by atoms with Gasteiger partial charge in [-0.3, -0.25) is 9.59 Å². The summed E-state index contributed by atoms with van der Waals surface area (Å²) in [7, 11) is 0. The van der Waals surface area contributed by atoms with Crippen LogP contribution in [0.1, 0.15) is 32.6 Å². The predicted molar refractivity (Wildman–Crippen MR) is 119 cm³/mol. The molecule has 0 unspecified atom stereocenters. The van der Waals surface area contributed by atoms with Gasteiger partial charge in [-0.25, -0.2) is 0 Å². The van der Waals surface area contributed by atoms with Crippen molar-refractivity contribution >= 4 is 29.1 Å². The molecule has 0 saturated carbocycles. The van der Waals surface area contributed by atoms with Crippen molar-refractivity contribution in [3.63, 3.8) is 0 Å². The van der Waals surface area contributed by atoms with Crippen molar-refractivity contribution < 1.29 is 14.3 Å². The topological polar surface area (TPSA) is 81.4 Å². The Hall–Kier alpha value is -3.31. The smallest absolute Gasteiger partial charge is 0.256 e. The Bertz CT molecular complexity index is 1100. The lowest BCUT2D eigenvalue weighted by molar-refractivity contribution is -0.117. The fourth-order valence-electron chi connectivity index (χ4n) is 3.10. The van der Waals surface area contributed by atoms with Crippen molar-refractivity contribution in [2.45, 2.75) is 26.9 Å². The molecule has 0 spiro atoms. The minimum absolute atomic E-state index is 0.167. The van der Waals surface area contributed by atoms with E-state index in [1.807, 2.05) is 56.3 Å². The van der Waals surface area contributed by atoms with Crippen LogP contribution in [0.2, 0.25) is 5.02 Å². The van der Waals surface area contributed by atoms with Gasteiger partial charge in [0.1, 0.15) is 12.4 Å². The summed E-state index contributed by atoms with van der Waals surface area (Å²) in [5.41, 5.74) is 9.90. The second-order valence-corrected chi connectivity index (χ2v) is 7.58. The van der Waals surface area contributed by atoms with Crippen molar-refractivity contribution in [3.8, 4) is 5.75 Å². The molecule has 0 radical (unpaired) electrons. The van der Waals surface area contributed by atoms with E-state index in [9.17, 15) is 9.59 Å². The lowest BCUT2D eigenvalue weighted by Crippen LogP contribution is -2.16. The average molecular weight is 423 g/mol. The number of hydrogen-bond acceptors (Lipinski definition) is 3. The molecular formula is C24H23ClN2O3. The first-order valence-electron chi connectivity index (χ1n) is 9.49. The van der Waals surface area contributed by atoms with Gasteiger partial charge >= 0.3 is 0 Å². The highest BCUT2D eigenvalue weighted by molar-refractivity contribution is 6.30. The van der Waals surface area contributed by atoms with Crippen LogP contribution in [0.4, 0.5) is 5.69 Å². The number of anilines is 1. The number of benzene rings is 3. The van der Waals surface area contributed by atoms with Gasteiger partial charge in [0.25, 0.3) is 5.91 Å². The number of hydrogen-bond donors (Lipinski definition) is 2. The second kappa shape index (κ2) is 9.46. The van der Waals surface area contributed by atoms with E-state index in [2.05, 4.69) is 5.32 Å². The summed E-state index contributed by atoms with van der Waals surface area (Å²) in [6.45, 7) is 4.10. The Kier molecular flexibility index (Phi) is 6.75. The van der Waals surface area contributed by atoms with Gasteiger partial charge in [0.15, 0.2) is 0 Å². The molecule has 154 valence electrons. The lowest BCUT2D eigenvalue weighted by atomic mass is 10.1. The highest BCUT2D eigenvalue weighted by atomic mass is 35.5. The summed E-state index contributed by atoms with van der Waals surface area (Å²) in [4.78, 5) is 24.0. The minimum Gasteiger partial charge on any atom is -0.489 e. The zero-order chi connectivity index (χ0) is 21.7. The quantitative estimate of drug-likeness (QED) is 0.573. The molecule has 0 atom stereocenters. The summed E-state index contributed by atoms with van der Waals surface area (Å²) < 4.78 is 5.84. The van der Waals surface area contributed by atoms with Gasteiger partial charge in [-0.15, -0.1) is 0 Å². The summed E-state index contributed by atoms with van der Waals surface area (Å²) in [6, 6.07) is 18.3. The molecule has 3 aromatic rings. The first-order valence-corrected chi connectivity index (χ1v) is 9.86. The van der Waals surface area contributed by atoms with Crippen LogP contribution in [-0.2, 0) is 17.8 Å². The Balaban J connectivity index is 1.72. The second-order valence-electron chi connectivity index (χ2n) is 7.14. The van der Waals surface area contributed by atoms with Crippen molar-refractivity contribution in [2.75, 3.05) is 5.32 Å². The van der Waals surface area contributed by atoms with Crippen molar-refractivity contribution in [2.24, 2.45) is 5.73 Å². The molecule has 0 aliphatic rings. The van der Waals surface area contributed by atoms with E-state index in [-0.39, 0.29) is 12.3 Å². The fourth-order valence-corrected chi connectivity index (χ4v) is 3.31. The molecule has 0 aliphatic carbocycles. The van der Waals surface area contributed by atoms with Gasteiger partial charge in [0, 0.05) is 16.3 Å².